The second kappa shape index (κ2) is 4.72. The summed E-state index contributed by atoms with van der Waals surface area (Å²) in [6.07, 6.45) is 5.04. The van der Waals surface area contributed by atoms with Crippen LogP contribution in [-0.2, 0) is 0 Å². The Balaban J connectivity index is 2.80. The molecule has 0 bridgehead atoms. The van der Waals surface area contributed by atoms with Crippen molar-refractivity contribution in [3.05, 3.63) is 10.6 Å². The summed E-state index contributed by atoms with van der Waals surface area (Å²) in [5.74, 6) is 2.34. The van der Waals surface area contributed by atoms with Gasteiger partial charge in [-0.05, 0) is 17.5 Å². The highest BCUT2D eigenvalue weighted by molar-refractivity contribution is 7.08. The van der Waals surface area contributed by atoms with Gasteiger partial charge in [0.1, 0.15) is 4.88 Å². The van der Waals surface area contributed by atoms with Gasteiger partial charge in [0.15, 0.2) is 0 Å². The van der Waals surface area contributed by atoms with E-state index in [0.717, 1.165) is 17.2 Å². The summed E-state index contributed by atoms with van der Waals surface area (Å²) in [7, 11) is 0. The van der Waals surface area contributed by atoms with Crippen molar-refractivity contribution in [1.29, 1.82) is 0 Å². The number of hydrogen-bond acceptors (Lipinski definition) is 4. The first kappa shape index (κ1) is 10.7. The molecule has 1 N–H and O–H groups in total. The van der Waals surface area contributed by atoms with E-state index in [2.05, 4.69) is 20.8 Å². The van der Waals surface area contributed by atoms with E-state index in [-0.39, 0.29) is 18.4 Å². The highest BCUT2D eigenvalue weighted by Gasteiger charge is 2.17. The second-order valence-electron chi connectivity index (χ2n) is 3.03. The molecule has 1 heterocycles. The fraction of sp³-hybridized carbons (Fsp3) is 0.444. The Bertz CT molecular complexity index is 364. The van der Waals surface area contributed by atoms with Gasteiger partial charge in [0.25, 0.3) is 5.91 Å². The minimum atomic E-state index is -0.193. The van der Waals surface area contributed by atoms with Crippen molar-refractivity contribution in [1.82, 2.24) is 14.9 Å². The Morgan fingerprint density at radius 3 is 3.00 bits per heavy atom. The van der Waals surface area contributed by atoms with E-state index >= 15 is 0 Å². The van der Waals surface area contributed by atoms with Crippen LogP contribution >= 0.6 is 11.5 Å². The lowest BCUT2D eigenvalue weighted by Crippen LogP contribution is -2.23. The number of rotatable bonds is 3. The molecule has 0 saturated heterocycles. The number of nitrogens with zero attached hydrogens (tertiary/aromatic N) is 2. The van der Waals surface area contributed by atoms with E-state index < -0.39 is 0 Å². The highest BCUT2D eigenvalue weighted by atomic mass is 32.1. The molecular weight excluding hydrogens is 198 g/mol. The highest BCUT2D eigenvalue weighted by Crippen LogP contribution is 2.19. The average molecular weight is 209 g/mol. The first-order chi connectivity index (χ1) is 6.66. The van der Waals surface area contributed by atoms with Crippen LogP contribution in [0.5, 0.6) is 0 Å². The quantitative estimate of drug-likeness (QED) is 0.756. The molecule has 0 aliphatic carbocycles. The van der Waals surface area contributed by atoms with Crippen LogP contribution in [-0.4, -0.2) is 22.0 Å². The number of terminal acetylenes is 1. The van der Waals surface area contributed by atoms with E-state index in [0.29, 0.717) is 4.88 Å². The van der Waals surface area contributed by atoms with Gasteiger partial charge in [0, 0.05) is 0 Å². The molecule has 0 aliphatic heterocycles. The third-order valence-electron chi connectivity index (χ3n) is 1.62. The Kier molecular flexibility index (Phi) is 3.60. The van der Waals surface area contributed by atoms with Crippen LogP contribution < -0.4 is 5.32 Å². The summed E-state index contributed by atoms with van der Waals surface area (Å²) in [6.45, 7) is 4.16. The van der Waals surface area contributed by atoms with Crippen LogP contribution in [0.1, 0.15) is 35.1 Å². The average Bonchev–Trinajstić information content (AvgIpc) is 2.62. The van der Waals surface area contributed by atoms with Crippen LogP contribution in [0.2, 0.25) is 0 Å². The fourth-order valence-corrected chi connectivity index (χ4v) is 1.68. The number of hydrogen-bond donors (Lipinski definition) is 1. The maximum absolute atomic E-state index is 11.5. The predicted octanol–water partition coefficient (Wildman–Crippen LogP) is 1.02. The molecule has 1 aromatic rings. The molecule has 0 aromatic carbocycles. The van der Waals surface area contributed by atoms with Crippen LogP contribution in [0.4, 0.5) is 0 Å². The normalized spacial score (nSPS) is 9.86. The fourth-order valence-electron chi connectivity index (χ4n) is 0.944. The van der Waals surface area contributed by atoms with Crippen LogP contribution in [0, 0.1) is 12.3 Å². The SMILES string of the molecule is C#CCNC(=O)c1snnc1C(C)C. The topological polar surface area (TPSA) is 54.9 Å². The molecule has 14 heavy (non-hydrogen) atoms. The predicted molar refractivity (Wildman–Crippen MR) is 55.2 cm³/mol. The molecule has 0 saturated carbocycles. The number of carbonyl (C=O) groups excluding carboxylic acids is 1. The van der Waals surface area contributed by atoms with Gasteiger partial charge < -0.3 is 5.32 Å². The minimum Gasteiger partial charge on any atom is -0.340 e. The van der Waals surface area contributed by atoms with Gasteiger partial charge in [-0.2, -0.15) is 0 Å². The summed E-state index contributed by atoms with van der Waals surface area (Å²) in [4.78, 5) is 12.1. The van der Waals surface area contributed by atoms with Gasteiger partial charge in [-0.1, -0.05) is 24.3 Å². The zero-order valence-electron chi connectivity index (χ0n) is 8.07. The summed E-state index contributed by atoms with van der Waals surface area (Å²) in [5.41, 5.74) is 0.726. The van der Waals surface area contributed by atoms with Crippen molar-refractivity contribution < 1.29 is 4.79 Å². The van der Waals surface area contributed by atoms with E-state index in [1.807, 2.05) is 13.8 Å². The molecular formula is C9H11N3OS. The van der Waals surface area contributed by atoms with E-state index in [4.69, 9.17) is 6.42 Å². The van der Waals surface area contributed by atoms with Crippen LogP contribution in [0.3, 0.4) is 0 Å². The van der Waals surface area contributed by atoms with Gasteiger partial charge in [0.05, 0.1) is 12.2 Å². The Morgan fingerprint density at radius 2 is 2.43 bits per heavy atom. The molecule has 0 fully saturated rings. The summed E-state index contributed by atoms with van der Waals surface area (Å²) < 4.78 is 3.75. The molecule has 1 rings (SSSR count). The van der Waals surface area contributed by atoms with E-state index in [9.17, 15) is 4.79 Å². The smallest absolute Gasteiger partial charge is 0.265 e. The lowest BCUT2D eigenvalue weighted by Gasteiger charge is -2.02. The van der Waals surface area contributed by atoms with Gasteiger partial charge >= 0.3 is 0 Å². The lowest BCUT2D eigenvalue weighted by atomic mass is 10.1. The molecule has 5 heteroatoms. The van der Waals surface area contributed by atoms with Crippen molar-refractivity contribution in [2.24, 2.45) is 0 Å². The van der Waals surface area contributed by atoms with Crippen molar-refractivity contribution >= 4 is 17.4 Å². The Morgan fingerprint density at radius 1 is 1.71 bits per heavy atom. The van der Waals surface area contributed by atoms with Crippen molar-refractivity contribution in [3.63, 3.8) is 0 Å². The monoisotopic (exact) mass is 209 g/mol. The van der Waals surface area contributed by atoms with Gasteiger partial charge in [0.2, 0.25) is 0 Å². The molecule has 0 radical (unpaired) electrons. The third kappa shape index (κ3) is 2.30. The second-order valence-corrected chi connectivity index (χ2v) is 3.78. The van der Waals surface area contributed by atoms with Gasteiger partial charge in [-0.15, -0.1) is 11.5 Å². The maximum Gasteiger partial charge on any atom is 0.265 e. The van der Waals surface area contributed by atoms with Crippen molar-refractivity contribution in [2.45, 2.75) is 19.8 Å². The van der Waals surface area contributed by atoms with Crippen molar-refractivity contribution in [3.8, 4) is 12.3 Å². The van der Waals surface area contributed by atoms with Crippen LogP contribution in [0.25, 0.3) is 0 Å². The number of nitrogens with one attached hydrogen (secondary N) is 1. The van der Waals surface area contributed by atoms with Crippen LogP contribution in [0.15, 0.2) is 0 Å². The standard InChI is InChI=1S/C9H11N3OS/c1-4-5-10-9(13)8-7(6(2)3)11-12-14-8/h1,6H,5H2,2-3H3,(H,10,13). The van der Waals surface area contributed by atoms with Crippen molar-refractivity contribution in [2.75, 3.05) is 6.54 Å². The molecule has 4 nitrogen and oxygen atoms in total. The number of aromatic nitrogens is 2. The molecule has 74 valence electrons. The number of carbonyl (C=O) groups is 1. The molecule has 0 spiro atoms. The molecule has 0 unspecified atom stereocenters. The molecule has 1 amide bonds. The Labute approximate surface area is 86.9 Å². The first-order valence-corrected chi connectivity index (χ1v) is 4.98. The molecule has 1 aromatic heterocycles. The van der Waals surface area contributed by atoms with Gasteiger partial charge in [-0.3, -0.25) is 4.79 Å². The molecule has 0 aliphatic rings. The van der Waals surface area contributed by atoms with Gasteiger partial charge in [-0.25, -0.2) is 0 Å². The zero-order chi connectivity index (χ0) is 10.6. The lowest BCUT2D eigenvalue weighted by molar-refractivity contribution is 0.0961. The summed E-state index contributed by atoms with van der Waals surface area (Å²) >= 11 is 1.09. The zero-order valence-corrected chi connectivity index (χ0v) is 8.89. The Hall–Kier alpha value is -1.41. The van der Waals surface area contributed by atoms with E-state index in [1.54, 1.807) is 0 Å². The summed E-state index contributed by atoms with van der Waals surface area (Å²) in [6, 6.07) is 0. The first-order valence-electron chi connectivity index (χ1n) is 4.20. The van der Waals surface area contributed by atoms with E-state index in [1.165, 1.54) is 0 Å². The summed E-state index contributed by atoms with van der Waals surface area (Å²) in [5, 5.41) is 6.49. The minimum absolute atomic E-state index is 0.193. The number of amides is 1. The molecule has 0 atom stereocenters. The third-order valence-corrected chi connectivity index (χ3v) is 2.36. The maximum atomic E-state index is 11.5. The largest absolute Gasteiger partial charge is 0.340 e.